The summed E-state index contributed by atoms with van der Waals surface area (Å²) in [6.45, 7) is 9.05. The van der Waals surface area contributed by atoms with Crippen LogP contribution < -0.4 is 14.5 Å². The second-order valence-electron chi connectivity index (χ2n) is 7.74. The Bertz CT molecular complexity index is 605. The SMILES string of the molecule is CCCCC[NH+](CCCCC)[C@H]1CC(=O)N(c2ccc(OCCC)cc2)C1=O. The lowest BCUT2D eigenvalue weighted by Gasteiger charge is -2.24. The molecule has 1 saturated heterocycles. The topological polar surface area (TPSA) is 51.1 Å². The van der Waals surface area contributed by atoms with Gasteiger partial charge in [0.05, 0.1) is 31.8 Å². The van der Waals surface area contributed by atoms with Gasteiger partial charge in [-0.15, -0.1) is 0 Å². The van der Waals surface area contributed by atoms with E-state index in [1.807, 2.05) is 24.3 Å². The van der Waals surface area contributed by atoms with Crippen molar-refractivity contribution in [2.24, 2.45) is 0 Å². The molecule has 28 heavy (non-hydrogen) atoms. The van der Waals surface area contributed by atoms with E-state index in [4.69, 9.17) is 4.74 Å². The number of ether oxygens (including phenoxy) is 1. The van der Waals surface area contributed by atoms with Crippen molar-refractivity contribution in [2.45, 2.75) is 78.2 Å². The van der Waals surface area contributed by atoms with Crippen LogP contribution >= 0.6 is 0 Å². The zero-order chi connectivity index (χ0) is 20.4. The van der Waals surface area contributed by atoms with E-state index in [0.29, 0.717) is 18.7 Å². The number of benzene rings is 1. The van der Waals surface area contributed by atoms with Crippen LogP contribution in [0.3, 0.4) is 0 Å². The number of amides is 2. The van der Waals surface area contributed by atoms with Crippen LogP contribution in [0.25, 0.3) is 0 Å². The van der Waals surface area contributed by atoms with Crippen LogP contribution in [0.4, 0.5) is 5.69 Å². The van der Waals surface area contributed by atoms with Crippen molar-refractivity contribution in [3.05, 3.63) is 24.3 Å². The molecule has 156 valence electrons. The molecule has 0 bridgehead atoms. The summed E-state index contributed by atoms with van der Waals surface area (Å²) in [6, 6.07) is 7.07. The van der Waals surface area contributed by atoms with Crippen LogP contribution in [0.1, 0.15) is 72.1 Å². The number of nitrogens with one attached hydrogen (secondary N) is 1. The summed E-state index contributed by atoms with van der Waals surface area (Å²) in [5.74, 6) is 0.642. The molecule has 1 atom stereocenters. The van der Waals surface area contributed by atoms with Crippen LogP contribution in [0.5, 0.6) is 5.75 Å². The third-order valence-electron chi connectivity index (χ3n) is 5.41. The number of unbranched alkanes of at least 4 members (excludes halogenated alkanes) is 4. The van der Waals surface area contributed by atoms with E-state index >= 15 is 0 Å². The number of quaternary nitrogens is 1. The van der Waals surface area contributed by atoms with Gasteiger partial charge in [-0.1, -0.05) is 33.6 Å². The predicted octanol–water partition coefficient (Wildman–Crippen LogP) is 3.37. The first kappa shape index (κ1) is 22.4. The predicted molar refractivity (Wildman–Crippen MR) is 113 cm³/mol. The number of carbonyl (C=O) groups excluding carboxylic acids is 2. The zero-order valence-electron chi connectivity index (χ0n) is 17.8. The average Bonchev–Trinajstić information content (AvgIpc) is 3.00. The van der Waals surface area contributed by atoms with E-state index in [9.17, 15) is 9.59 Å². The Morgan fingerprint density at radius 2 is 1.54 bits per heavy atom. The van der Waals surface area contributed by atoms with Crippen molar-refractivity contribution in [1.29, 1.82) is 0 Å². The normalized spacial score (nSPS) is 17.0. The second kappa shape index (κ2) is 11.8. The van der Waals surface area contributed by atoms with Gasteiger partial charge < -0.3 is 9.64 Å². The quantitative estimate of drug-likeness (QED) is 0.416. The summed E-state index contributed by atoms with van der Waals surface area (Å²) >= 11 is 0. The summed E-state index contributed by atoms with van der Waals surface area (Å²) in [4.78, 5) is 28.5. The Hall–Kier alpha value is -1.88. The molecular formula is C23H37N2O3+. The molecule has 0 aliphatic carbocycles. The van der Waals surface area contributed by atoms with Crippen LogP contribution in [0.2, 0.25) is 0 Å². The molecule has 1 heterocycles. The maximum atomic E-state index is 13.1. The standard InChI is InChI=1S/C23H36N2O3/c1-4-7-9-15-24(16-10-8-5-2)21-18-22(26)25(23(21)27)19-11-13-20(14-12-19)28-17-6-3/h11-14,21H,4-10,15-18H2,1-3H3/p+1/t21-/m0/s1. The lowest BCUT2D eigenvalue weighted by molar-refractivity contribution is -0.915. The molecule has 1 aromatic carbocycles. The van der Waals surface area contributed by atoms with Crippen LogP contribution in [0.15, 0.2) is 24.3 Å². The average molecular weight is 390 g/mol. The molecule has 0 aromatic heterocycles. The maximum Gasteiger partial charge on any atom is 0.292 e. The molecule has 0 spiro atoms. The van der Waals surface area contributed by atoms with Crippen LogP contribution in [-0.2, 0) is 9.59 Å². The van der Waals surface area contributed by atoms with Gasteiger partial charge in [-0.05, 0) is 56.4 Å². The molecule has 2 amide bonds. The van der Waals surface area contributed by atoms with Crippen LogP contribution in [-0.4, -0.2) is 37.6 Å². The molecule has 1 fully saturated rings. The van der Waals surface area contributed by atoms with Crippen molar-refractivity contribution in [3.63, 3.8) is 0 Å². The molecule has 0 saturated carbocycles. The van der Waals surface area contributed by atoms with Crippen molar-refractivity contribution < 1.29 is 19.2 Å². The zero-order valence-corrected chi connectivity index (χ0v) is 17.8. The maximum absolute atomic E-state index is 13.1. The largest absolute Gasteiger partial charge is 0.494 e. The highest BCUT2D eigenvalue weighted by Crippen LogP contribution is 2.24. The second-order valence-corrected chi connectivity index (χ2v) is 7.74. The lowest BCUT2D eigenvalue weighted by atomic mass is 10.1. The Morgan fingerprint density at radius 1 is 0.929 bits per heavy atom. The molecule has 0 radical (unpaired) electrons. The molecule has 0 unspecified atom stereocenters. The lowest BCUT2D eigenvalue weighted by Crippen LogP contribution is -3.16. The highest BCUT2D eigenvalue weighted by molar-refractivity contribution is 6.21. The summed E-state index contributed by atoms with van der Waals surface area (Å²) in [6.07, 6.45) is 8.17. The molecular weight excluding hydrogens is 352 g/mol. The fraction of sp³-hybridized carbons (Fsp3) is 0.652. The first-order valence-corrected chi connectivity index (χ1v) is 11.1. The number of imide groups is 1. The summed E-state index contributed by atoms with van der Waals surface area (Å²) in [5, 5.41) is 0. The van der Waals surface area contributed by atoms with Gasteiger partial charge in [-0.3, -0.25) is 9.59 Å². The van der Waals surface area contributed by atoms with E-state index in [0.717, 1.165) is 38.1 Å². The third-order valence-corrected chi connectivity index (χ3v) is 5.41. The molecule has 1 aliphatic heterocycles. The monoisotopic (exact) mass is 389 g/mol. The fourth-order valence-electron chi connectivity index (χ4n) is 3.81. The fourth-order valence-corrected chi connectivity index (χ4v) is 3.81. The van der Waals surface area contributed by atoms with Gasteiger partial charge in [0.1, 0.15) is 5.75 Å². The Kier molecular flexibility index (Phi) is 9.48. The van der Waals surface area contributed by atoms with E-state index in [1.165, 1.54) is 35.5 Å². The van der Waals surface area contributed by atoms with Gasteiger partial charge in [0.25, 0.3) is 5.91 Å². The van der Waals surface area contributed by atoms with Crippen molar-refractivity contribution >= 4 is 17.5 Å². The van der Waals surface area contributed by atoms with Gasteiger partial charge in [0.2, 0.25) is 5.91 Å². The van der Waals surface area contributed by atoms with Crippen molar-refractivity contribution in [2.75, 3.05) is 24.6 Å². The molecule has 1 aliphatic rings. The van der Waals surface area contributed by atoms with Gasteiger partial charge in [0, 0.05) is 0 Å². The van der Waals surface area contributed by atoms with Gasteiger partial charge in [-0.25, -0.2) is 4.90 Å². The third kappa shape index (κ3) is 6.06. The number of anilines is 1. The minimum atomic E-state index is -0.239. The molecule has 1 N–H and O–H groups in total. The van der Waals surface area contributed by atoms with Gasteiger partial charge >= 0.3 is 0 Å². The summed E-state index contributed by atoms with van der Waals surface area (Å²) < 4.78 is 5.60. The number of hydrogen-bond acceptors (Lipinski definition) is 3. The van der Waals surface area contributed by atoms with E-state index in [-0.39, 0.29) is 17.9 Å². The van der Waals surface area contributed by atoms with Gasteiger partial charge in [0.15, 0.2) is 6.04 Å². The van der Waals surface area contributed by atoms with Crippen molar-refractivity contribution in [1.82, 2.24) is 0 Å². The number of nitrogens with zero attached hydrogens (tertiary/aromatic N) is 1. The Morgan fingerprint density at radius 3 is 2.07 bits per heavy atom. The summed E-state index contributed by atoms with van der Waals surface area (Å²) in [5.41, 5.74) is 0.655. The van der Waals surface area contributed by atoms with Gasteiger partial charge in [-0.2, -0.15) is 0 Å². The molecule has 1 aromatic rings. The molecule has 5 heteroatoms. The van der Waals surface area contributed by atoms with E-state index in [1.54, 1.807) is 0 Å². The highest BCUT2D eigenvalue weighted by atomic mass is 16.5. The minimum Gasteiger partial charge on any atom is -0.494 e. The number of carbonyl (C=O) groups is 2. The van der Waals surface area contributed by atoms with E-state index < -0.39 is 0 Å². The highest BCUT2D eigenvalue weighted by Gasteiger charge is 2.45. The first-order valence-electron chi connectivity index (χ1n) is 11.1. The number of rotatable bonds is 13. The Balaban J connectivity index is 2.07. The van der Waals surface area contributed by atoms with E-state index in [2.05, 4.69) is 20.8 Å². The molecule has 2 rings (SSSR count). The minimum absolute atomic E-state index is 0.0461. The van der Waals surface area contributed by atoms with Crippen LogP contribution in [0, 0.1) is 0 Å². The van der Waals surface area contributed by atoms with Crippen molar-refractivity contribution in [3.8, 4) is 5.75 Å². The number of hydrogen-bond donors (Lipinski definition) is 1. The smallest absolute Gasteiger partial charge is 0.292 e. The summed E-state index contributed by atoms with van der Waals surface area (Å²) in [7, 11) is 0. The first-order chi connectivity index (χ1) is 13.6. The Labute approximate surface area is 170 Å². The molecule has 5 nitrogen and oxygen atoms in total.